The van der Waals surface area contributed by atoms with Gasteiger partial charge in [0.2, 0.25) is 0 Å². The van der Waals surface area contributed by atoms with Gasteiger partial charge in [-0.2, -0.15) is 39.5 Å². The summed E-state index contributed by atoms with van der Waals surface area (Å²) in [7, 11) is 0. The van der Waals surface area contributed by atoms with Gasteiger partial charge < -0.3 is 0 Å². The van der Waals surface area contributed by atoms with Crippen LogP contribution in [-0.4, -0.2) is 6.18 Å². The molecular formula is C17H8BrCl2F9. The third-order valence-corrected chi connectivity index (χ3v) is 4.00. The van der Waals surface area contributed by atoms with Gasteiger partial charge >= 0.3 is 18.5 Å². The van der Waals surface area contributed by atoms with E-state index in [2.05, 4.69) is 22.5 Å². The minimum atomic E-state index is -4.80. The molecule has 0 bridgehead atoms. The zero-order valence-electron chi connectivity index (χ0n) is 13.7. The number of allylic oxidation sites excluding steroid dienone is 1. The molecule has 160 valence electrons. The highest BCUT2D eigenvalue weighted by atomic mass is 79.9. The van der Waals surface area contributed by atoms with Crippen molar-refractivity contribution < 1.29 is 39.5 Å². The first-order chi connectivity index (χ1) is 12.9. The van der Waals surface area contributed by atoms with Gasteiger partial charge in [-0.1, -0.05) is 45.7 Å². The predicted octanol–water partition coefficient (Wildman–Crippen LogP) is 9.06. The second-order valence-corrected chi connectivity index (χ2v) is 7.15. The van der Waals surface area contributed by atoms with E-state index in [0.29, 0.717) is 16.6 Å². The highest BCUT2D eigenvalue weighted by Gasteiger charge is 2.36. The predicted molar refractivity (Wildman–Crippen MR) is 95.7 cm³/mol. The molecule has 0 aliphatic heterocycles. The fraction of sp³-hybridized carbons (Fsp3) is 0.176. The summed E-state index contributed by atoms with van der Waals surface area (Å²) in [4.78, 5) is 0. The summed E-state index contributed by atoms with van der Waals surface area (Å²) in [5.74, 6) is 0. The summed E-state index contributed by atoms with van der Waals surface area (Å²) >= 11 is 13.7. The molecule has 2 aromatic carbocycles. The van der Waals surface area contributed by atoms with Gasteiger partial charge in [0.1, 0.15) is 0 Å². The van der Waals surface area contributed by atoms with Crippen molar-refractivity contribution in [3.8, 4) is 0 Å². The topological polar surface area (TPSA) is 0 Å². The summed E-state index contributed by atoms with van der Waals surface area (Å²) in [6.45, 7) is 2.71. The molecule has 0 fully saturated rings. The van der Waals surface area contributed by atoms with Crippen molar-refractivity contribution in [2.45, 2.75) is 18.5 Å². The number of alkyl halides is 9. The lowest BCUT2D eigenvalue weighted by molar-refractivity contribution is -0.138. The Hall–Kier alpha value is -1.39. The normalized spacial score (nSPS) is 12.3. The molecule has 12 heteroatoms. The number of halogens is 12. The molecule has 2 rings (SSSR count). The molecule has 0 saturated carbocycles. The Morgan fingerprint density at radius 2 is 1.10 bits per heavy atom. The summed E-state index contributed by atoms with van der Waals surface area (Å²) in [6, 6.07) is 4.96. The van der Waals surface area contributed by atoms with Gasteiger partial charge in [-0.25, -0.2) is 0 Å². The molecule has 0 saturated heterocycles. The fourth-order valence-corrected chi connectivity index (χ4v) is 2.90. The molecule has 29 heavy (non-hydrogen) atoms. The van der Waals surface area contributed by atoms with Crippen LogP contribution in [0.3, 0.4) is 0 Å². The lowest BCUT2D eigenvalue weighted by Crippen LogP contribution is -2.11. The Bertz CT molecular complexity index is 864. The average molecular weight is 534 g/mol. The fourth-order valence-electron chi connectivity index (χ4n) is 1.81. The molecule has 0 atom stereocenters. The Labute approximate surface area is 177 Å². The van der Waals surface area contributed by atoms with Crippen LogP contribution < -0.4 is 0 Å². The maximum Gasteiger partial charge on any atom is 0.416 e. The molecule has 0 aliphatic carbocycles. The monoisotopic (exact) mass is 532 g/mol. The SMILES string of the molecule is C=C(c1cc(Cl)cc(C(F)(F)F)c1)C(F)(F)F.FC(F)(F)c1cc(Cl)cc(Br)c1. The van der Waals surface area contributed by atoms with E-state index < -0.39 is 45.8 Å². The minimum Gasteiger partial charge on any atom is -0.166 e. The first-order valence-corrected chi connectivity index (χ1v) is 8.63. The summed E-state index contributed by atoms with van der Waals surface area (Å²) in [5, 5.41) is -0.364. The zero-order valence-corrected chi connectivity index (χ0v) is 16.8. The van der Waals surface area contributed by atoms with Crippen LogP contribution in [0.2, 0.25) is 10.0 Å². The van der Waals surface area contributed by atoms with Crippen LogP contribution in [0.5, 0.6) is 0 Å². The van der Waals surface area contributed by atoms with Crippen molar-refractivity contribution in [3.63, 3.8) is 0 Å². The van der Waals surface area contributed by atoms with Crippen LogP contribution in [0.25, 0.3) is 5.57 Å². The van der Waals surface area contributed by atoms with Crippen molar-refractivity contribution in [2.75, 3.05) is 0 Å². The van der Waals surface area contributed by atoms with Crippen molar-refractivity contribution in [1.29, 1.82) is 0 Å². The van der Waals surface area contributed by atoms with Crippen LogP contribution in [0.15, 0.2) is 47.4 Å². The van der Waals surface area contributed by atoms with E-state index in [4.69, 9.17) is 23.2 Å². The average Bonchev–Trinajstić information content (AvgIpc) is 2.50. The first-order valence-electron chi connectivity index (χ1n) is 7.09. The molecule has 0 N–H and O–H groups in total. The van der Waals surface area contributed by atoms with Gasteiger partial charge in [0, 0.05) is 14.5 Å². The quantitative estimate of drug-likeness (QED) is 0.321. The second kappa shape index (κ2) is 9.18. The Morgan fingerprint density at radius 1 is 0.690 bits per heavy atom. The van der Waals surface area contributed by atoms with Crippen molar-refractivity contribution in [2.24, 2.45) is 0 Å². The third-order valence-electron chi connectivity index (χ3n) is 3.11. The van der Waals surface area contributed by atoms with Crippen molar-refractivity contribution >= 4 is 44.7 Å². The van der Waals surface area contributed by atoms with E-state index in [0.717, 1.165) is 18.2 Å². The van der Waals surface area contributed by atoms with Crippen LogP contribution in [0.1, 0.15) is 16.7 Å². The van der Waals surface area contributed by atoms with E-state index in [-0.39, 0.29) is 5.02 Å². The molecule has 0 nitrogen and oxygen atoms in total. The van der Waals surface area contributed by atoms with Gasteiger partial charge in [0.05, 0.1) is 16.7 Å². The summed E-state index contributed by atoms with van der Waals surface area (Å²) in [5.41, 5.74) is -4.06. The largest absolute Gasteiger partial charge is 0.416 e. The van der Waals surface area contributed by atoms with Crippen LogP contribution in [0.4, 0.5) is 39.5 Å². The Kier molecular flexibility index (Phi) is 8.12. The molecule has 0 aromatic heterocycles. The maximum atomic E-state index is 12.3. The van der Waals surface area contributed by atoms with E-state index >= 15 is 0 Å². The molecule has 0 unspecified atom stereocenters. The van der Waals surface area contributed by atoms with E-state index in [1.54, 1.807) is 0 Å². The van der Waals surface area contributed by atoms with Crippen LogP contribution >= 0.6 is 39.1 Å². The minimum absolute atomic E-state index is 0.0664. The molecule has 0 amide bonds. The molecule has 0 radical (unpaired) electrons. The van der Waals surface area contributed by atoms with Crippen LogP contribution in [0, 0.1) is 0 Å². The van der Waals surface area contributed by atoms with Gasteiger partial charge in [0.15, 0.2) is 0 Å². The smallest absolute Gasteiger partial charge is 0.166 e. The van der Waals surface area contributed by atoms with E-state index in [1.807, 2.05) is 0 Å². The maximum absolute atomic E-state index is 12.3. The second-order valence-electron chi connectivity index (χ2n) is 5.36. The van der Waals surface area contributed by atoms with Gasteiger partial charge in [-0.05, 0) is 42.0 Å². The summed E-state index contributed by atoms with van der Waals surface area (Å²) in [6.07, 6.45) is -13.9. The number of rotatable bonds is 1. The molecule has 0 aliphatic rings. The lowest BCUT2D eigenvalue weighted by atomic mass is 10.0. The highest BCUT2D eigenvalue weighted by Crippen LogP contribution is 2.37. The van der Waals surface area contributed by atoms with Crippen molar-refractivity contribution in [3.05, 3.63) is 74.2 Å². The Morgan fingerprint density at radius 3 is 1.48 bits per heavy atom. The molecule has 0 spiro atoms. The highest BCUT2D eigenvalue weighted by molar-refractivity contribution is 9.10. The standard InChI is InChI=1S/C10H5ClF6.C7H3BrClF3/c1-5(9(12,13)14)6-2-7(10(15,16)17)4-8(11)3-6;8-5-1-4(7(10,11)12)2-6(9)3-5/h2-4H,1H2;1-3H. The van der Waals surface area contributed by atoms with Gasteiger partial charge in [-0.3, -0.25) is 0 Å². The number of hydrogen-bond donors (Lipinski definition) is 0. The van der Waals surface area contributed by atoms with E-state index in [1.165, 1.54) is 6.07 Å². The van der Waals surface area contributed by atoms with Crippen LogP contribution in [-0.2, 0) is 12.4 Å². The lowest BCUT2D eigenvalue weighted by Gasteiger charge is -2.13. The van der Waals surface area contributed by atoms with Gasteiger partial charge in [0.25, 0.3) is 0 Å². The number of hydrogen-bond acceptors (Lipinski definition) is 0. The third kappa shape index (κ3) is 8.10. The zero-order chi connectivity index (χ0) is 22.8. The van der Waals surface area contributed by atoms with Crippen molar-refractivity contribution in [1.82, 2.24) is 0 Å². The summed E-state index contributed by atoms with van der Waals surface area (Å²) < 4.78 is 110. The van der Waals surface area contributed by atoms with E-state index in [9.17, 15) is 39.5 Å². The van der Waals surface area contributed by atoms with Gasteiger partial charge in [-0.15, -0.1) is 0 Å². The molecule has 2 aromatic rings. The first kappa shape index (κ1) is 25.6. The molecule has 0 heterocycles. The number of benzene rings is 2. The Balaban J connectivity index is 0.000000308. The molecular weight excluding hydrogens is 526 g/mol.